The predicted octanol–water partition coefficient (Wildman–Crippen LogP) is 7.99. The third-order valence-corrected chi connectivity index (χ3v) is 6.39. The lowest BCUT2D eigenvalue weighted by atomic mass is 10.0. The molecule has 0 saturated carbocycles. The SMILES string of the molecule is CCCCCc1ccccc1N(CCCCCN(C(=O)O)c1ccccc1CCCCC)C(=O)O. The Balaban J connectivity index is 1.95. The van der Waals surface area contributed by atoms with Gasteiger partial charge >= 0.3 is 12.2 Å². The number of anilines is 2. The molecule has 0 spiro atoms. The van der Waals surface area contributed by atoms with Crippen LogP contribution in [0.5, 0.6) is 0 Å². The molecule has 2 aromatic rings. The summed E-state index contributed by atoms with van der Waals surface area (Å²) in [6.07, 6.45) is 8.58. The van der Waals surface area contributed by atoms with Gasteiger partial charge in [0.05, 0.1) is 11.4 Å². The average molecular weight is 483 g/mol. The molecular formula is C29H42N2O4. The smallest absolute Gasteiger partial charge is 0.411 e. The first-order valence-corrected chi connectivity index (χ1v) is 13.2. The van der Waals surface area contributed by atoms with Crippen molar-refractivity contribution < 1.29 is 19.8 Å². The normalized spacial score (nSPS) is 10.8. The Labute approximate surface area is 210 Å². The zero-order valence-corrected chi connectivity index (χ0v) is 21.4. The fourth-order valence-electron chi connectivity index (χ4n) is 4.46. The maximum Gasteiger partial charge on any atom is 0.411 e. The Hall–Kier alpha value is -3.02. The van der Waals surface area contributed by atoms with Gasteiger partial charge in [0, 0.05) is 13.1 Å². The van der Waals surface area contributed by atoms with Crippen molar-refractivity contribution in [1.82, 2.24) is 0 Å². The summed E-state index contributed by atoms with van der Waals surface area (Å²) in [6.45, 7) is 5.12. The number of nitrogens with zero attached hydrogens (tertiary/aromatic N) is 2. The summed E-state index contributed by atoms with van der Waals surface area (Å²) in [5, 5.41) is 19.7. The van der Waals surface area contributed by atoms with Crippen molar-refractivity contribution in [3.8, 4) is 0 Å². The standard InChI is InChI=1S/C29H42N2O4/c1-3-5-8-16-24-18-10-12-20-26(24)30(28(32)33)22-14-7-15-23-31(29(34)35)27-21-13-11-19-25(27)17-9-6-4-2/h10-13,18-21H,3-9,14-17,22-23H2,1-2H3,(H,32,33)(H,34,35). The summed E-state index contributed by atoms with van der Waals surface area (Å²) in [7, 11) is 0. The van der Waals surface area contributed by atoms with Crippen molar-refractivity contribution in [3.05, 3.63) is 59.7 Å². The van der Waals surface area contributed by atoms with Gasteiger partial charge in [-0.15, -0.1) is 0 Å². The molecule has 0 aliphatic carbocycles. The Kier molecular flexibility index (Phi) is 12.7. The van der Waals surface area contributed by atoms with Crippen LogP contribution in [-0.4, -0.2) is 35.5 Å². The van der Waals surface area contributed by atoms with Gasteiger partial charge in [-0.05, 0) is 68.2 Å². The average Bonchev–Trinajstić information content (AvgIpc) is 2.84. The van der Waals surface area contributed by atoms with Crippen LogP contribution < -0.4 is 9.80 Å². The second-order valence-corrected chi connectivity index (χ2v) is 9.10. The quantitative estimate of drug-likeness (QED) is 0.238. The van der Waals surface area contributed by atoms with E-state index in [0.29, 0.717) is 25.9 Å². The molecule has 0 aromatic heterocycles. The number of amides is 2. The maximum absolute atomic E-state index is 12.0. The number of hydrogen-bond acceptors (Lipinski definition) is 2. The number of aryl methyl sites for hydroxylation is 2. The van der Waals surface area contributed by atoms with Crippen LogP contribution in [0.3, 0.4) is 0 Å². The Morgan fingerprint density at radius 1 is 0.600 bits per heavy atom. The van der Waals surface area contributed by atoms with Crippen molar-refractivity contribution in [3.63, 3.8) is 0 Å². The molecule has 0 atom stereocenters. The van der Waals surface area contributed by atoms with E-state index in [1.54, 1.807) is 0 Å². The molecule has 6 heteroatoms. The van der Waals surface area contributed by atoms with Crippen LogP contribution in [0, 0.1) is 0 Å². The summed E-state index contributed by atoms with van der Waals surface area (Å²) in [5.41, 5.74) is 3.67. The number of hydrogen-bond donors (Lipinski definition) is 2. The molecule has 192 valence electrons. The topological polar surface area (TPSA) is 81.1 Å². The lowest BCUT2D eigenvalue weighted by Crippen LogP contribution is -2.32. The summed E-state index contributed by atoms with van der Waals surface area (Å²) in [4.78, 5) is 26.9. The van der Waals surface area contributed by atoms with Gasteiger partial charge in [-0.2, -0.15) is 0 Å². The van der Waals surface area contributed by atoms with Crippen molar-refractivity contribution in [2.45, 2.75) is 84.5 Å². The molecule has 0 saturated heterocycles. The monoisotopic (exact) mass is 482 g/mol. The molecule has 2 aromatic carbocycles. The van der Waals surface area contributed by atoms with E-state index in [1.807, 2.05) is 48.5 Å². The highest BCUT2D eigenvalue weighted by atomic mass is 16.4. The van der Waals surface area contributed by atoms with Crippen LogP contribution in [0.1, 0.15) is 82.8 Å². The van der Waals surface area contributed by atoms with Gasteiger partial charge in [-0.3, -0.25) is 9.80 Å². The van der Waals surface area contributed by atoms with Crippen molar-refractivity contribution in [2.24, 2.45) is 0 Å². The summed E-state index contributed by atoms with van der Waals surface area (Å²) < 4.78 is 0. The van der Waals surface area contributed by atoms with E-state index in [9.17, 15) is 19.8 Å². The molecule has 2 N–H and O–H groups in total. The van der Waals surface area contributed by atoms with Crippen LogP contribution in [-0.2, 0) is 12.8 Å². The zero-order chi connectivity index (χ0) is 25.5. The van der Waals surface area contributed by atoms with Gasteiger partial charge in [0.1, 0.15) is 0 Å². The molecule has 0 radical (unpaired) electrons. The third kappa shape index (κ3) is 9.27. The van der Waals surface area contributed by atoms with E-state index in [0.717, 1.165) is 80.3 Å². The number of carboxylic acid groups (broad SMARTS) is 2. The molecule has 0 heterocycles. The molecule has 0 unspecified atom stereocenters. The second kappa shape index (κ2) is 15.8. The number of carbonyl (C=O) groups is 2. The molecule has 2 rings (SSSR count). The van der Waals surface area contributed by atoms with E-state index in [-0.39, 0.29) is 0 Å². The molecular weight excluding hydrogens is 440 g/mol. The largest absolute Gasteiger partial charge is 0.465 e. The number of unbranched alkanes of at least 4 members (excludes halogenated alkanes) is 6. The van der Waals surface area contributed by atoms with Crippen molar-refractivity contribution in [2.75, 3.05) is 22.9 Å². The Morgan fingerprint density at radius 2 is 1.00 bits per heavy atom. The summed E-state index contributed by atoms with van der Waals surface area (Å²) in [5.74, 6) is 0. The van der Waals surface area contributed by atoms with Crippen LogP contribution in [0.15, 0.2) is 48.5 Å². The van der Waals surface area contributed by atoms with Gasteiger partial charge in [0.2, 0.25) is 0 Å². The molecule has 0 fully saturated rings. The minimum Gasteiger partial charge on any atom is -0.465 e. The highest BCUT2D eigenvalue weighted by Gasteiger charge is 2.19. The van der Waals surface area contributed by atoms with Gasteiger partial charge in [-0.25, -0.2) is 9.59 Å². The summed E-state index contributed by atoms with van der Waals surface area (Å²) in [6, 6.07) is 15.5. The van der Waals surface area contributed by atoms with E-state index < -0.39 is 12.2 Å². The van der Waals surface area contributed by atoms with Crippen molar-refractivity contribution in [1.29, 1.82) is 0 Å². The highest BCUT2D eigenvalue weighted by Crippen LogP contribution is 2.25. The predicted molar refractivity (Wildman–Crippen MR) is 144 cm³/mol. The van der Waals surface area contributed by atoms with Gasteiger partial charge in [0.15, 0.2) is 0 Å². The zero-order valence-electron chi connectivity index (χ0n) is 21.4. The van der Waals surface area contributed by atoms with Gasteiger partial charge in [0.25, 0.3) is 0 Å². The molecule has 0 bridgehead atoms. The number of benzene rings is 2. The van der Waals surface area contributed by atoms with E-state index in [1.165, 1.54) is 9.80 Å². The van der Waals surface area contributed by atoms with Crippen LogP contribution in [0.2, 0.25) is 0 Å². The first-order valence-electron chi connectivity index (χ1n) is 13.2. The van der Waals surface area contributed by atoms with Gasteiger partial charge in [-0.1, -0.05) is 75.9 Å². The first-order chi connectivity index (χ1) is 17.0. The fraction of sp³-hybridized carbons (Fsp3) is 0.517. The minimum atomic E-state index is -0.943. The molecule has 0 aliphatic heterocycles. The Bertz CT molecular complexity index is 842. The highest BCUT2D eigenvalue weighted by molar-refractivity contribution is 5.87. The molecule has 0 aliphatic rings. The van der Waals surface area contributed by atoms with Gasteiger partial charge < -0.3 is 10.2 Å². The molecule has 35 heavy (non-hydrogen) atoms. The third-order valence-electron chi connectivity index (χ3n) is 6.39. The Morgan fingerprint density at radius 3 is 1.37 bits per heavy atom. The second-order valence-electron chi connectivity index (χ2n) is 9.10. The van der Waals surface area contributed by atoms with E-state index >= 15 is 0 Å². The fourth-order valence-corrected chi connectivity index (χ4v) is 4.46. The van der Waals surface area contributed by atoms with E-state index in [2.05, 4.69) is 13.8 Å². The molecule has 2 amide bonds. The first kappa shape index (κ1) is 28.2. The number of para-hydroxylation sites is 2. The minimum absolute atomic E-state index is 0.404. The summed E-state index contributed by atoms with van der Waals surface area (Å²) >= 11 is 0. The molecule has 6 nitrogen and oxygen atoms in total. The lowest BCUT2D eigenvalue weighted by molar-refractivity contribution is 0.201. The lowest BCUT2D eigenvalue weighted by Gasteiger charge is -2.24. The number of rotatable bonds is 16. The maximum atomic E-state index is 12.0. The van der Waals surface area contributed by atoms with Crippen molar-refractivity contribution >= 4 is 23.6 Å². The van der Waals surface area contributed by atoms with Crippen LogP contribution in [0.4, 0.5) is 21.0 Å². The van der Waals surface area contributed by atoms with Crippen LogP contribution in [0.25, 0.3) is 0 Å². The van der Waals surface area contributed by atoms with Crippen LogP contribution >= 0.6 is 0 Å². The van der Waals surface area contributed by atoms with E-state index in [4.69, 9.17) is 0 Å².